The summed E-state index contributed by atoms with van der Waals surface area (Å²) in [4.78, 5) is 5.53. The van der Waals surface area contributed by atoms with E-state index >= 15 is 0 Å². The third kappa shape index (κ3) is 5.32. The number of benzene rings is 2. The third-order valence-electron chi connectivity index (χ3n) is 3.48. The molecule has 0 saturated carbocycles. The van der Waals surface area contributed by atoms with Crippen LogP contribution in [0.15, 0.2) is 58.4 Å². The van der Waals surface area contributed by atoms with Gasteiger partial charge in [-0.1, -0.05) is 31.0 Å². The van der Waals surface area contributed by atoms with E-state index in [-0.39, 0.29) is 0 Å². The molecule has 0 amide bonds. The van der Waals surface area contributed by atoms with Crippen molar-refractivity contribution < 1.29 is 8.95 Å². The SMILES string of the molecule is CCCC(C[S@@](=O)c1ccc(C)cc1)=Nc1ccc(OC)cc1. The fourth-order valence-corrected chi connectivity index (χ4v) is 3.33. The first-order chi connectivity index (χ1) is 11.1. The molecule has 0 aromatic heterocycles. The molecule has 0 unspecified atom stereocenters. The summed E-state index contributed by atoms with van der Waals surface area (Å²) in [5.41, 5.74) is 3.01. The standard InChI is InChI=1S/C19H23NO2S/c1-4-5-17(20-16-8-10-18(22-3)11-9-16)14-23(21)19-12-6-15(2)7-13-19/h6-13H,4-5,14H2,1-3H3/t23-/m1/s1. The molecule has 122 valence electrons. The highest BCUT2D eigenvalue weighted by Crippen LogP contribution is 2.19. The van der Waals surface area contributed by atoms with Crippen molar-refractivity contribution in [1.29, 1.82) is 0 Å². The Bertz CT molecular complexity index is 676. The van der Waals surface area contributed by atoms with Crippen molar-refractivity contribution in [2.45, 2.75) is 31.6 Å². The van der Waals surface area contributed by atoms with Crippen LogP contribution in [0.2, 0.25) is 0 Å². The van der Waals surface area contributed by atoms with E-state index < -0.39 is 10.8 Å². The van der Waals surface area contributed by atoms with Crippen LogP contribution in [0, 0.1) is 6.92 Å². The minimum absolute atomic E-state index is 0.475. The zero-order valence-electron chi connectivity index (χ0n) is 13.9. The summed E-state index contributed by atoms with van der Waals surface area (Å²) in [5, 5.41) is 0. The first kappa shape index (κ1) is 17.4. The van der Waals surface area contributed by atoms with E-state index in [1.54, 1.807) is 7.11 Å². The maximum Gasteiger partial charge on any atom is 0.119 e. The Morgan fingerprint density at radius 2 is 1.74 bits per heavy atom. The number of rotatable bonds is 7. The van der Waals surface area contributed by atoms with E-state index in [2.05, 4.69) is 11.9 Å². The van der Waals surface area contributed by atoms with Gasteiger partial charge < -0.3 is 4.74 Å². The molecule has 2 aromatic rings. The number of hydrogen-bond acceptors (Lipinski definition) is 3. The molecule has 0 radical (unpaired) electrons. The number of methoxy groups -OCH3 is 1. The Morgan fingerprint density at radius 1 is 1.09 bits per heavy atom. The molecule has 0 spiro atoms. The summed E-state index contributed by atoms with van der Waals surface area (Å²) in [5.74, 6) is 1.28. The van der Waals surface area contributed by atoms with Crippen molar-refractivity contribution in [2.75, 3.05) is 12.9 Å². The topological polar surface area (TPSA) is 38.7 Å². The summed E-state index contributed by atoms with van der Waals surface area (Å²) in [6, 6.07) is 15.5. The summed E-state index contributed by atoms with van der Waals surface area (Å²) < 4.78 is 17.7. The second-order valence-corrected chi connectivity index (χ2v) is 6.88. The predicted molar refractivity (Wildman–Crippen MR) is 97.5 cm³/mol. The second kappa shape index (κ2) is 8.63. The smallest absolute Gasteiger partial charge is 0.119 e. The minimum atomic E-state index is -1.06. The molecule has 0 fully saturated rings. The fraction of sp³-hybridized carbons (Fsp3) is 0.316. The van der Waals surface area contributed by atoms with Gasteiger partial charge in [0.25, 0.3) is 0 Å². The van der Waals surface area contributed by atoms with Crippen LogP contribution >= 0.6 is 0 Å². The van der Waals surface area contributed by atoms with Gasteiger partial charge in [-0.25, -0.2) is 0 Å². The van der Waals surface area contributed by atoms with Gasteiger partial charge in [0, 0.05) is 10.6 Å². The Kier molecular flexibility index (Phi) is 6.53. The van der Waals surface area contributed by atoms with Gasteiger partial charge >= 0.3 is 0 Å². The summed E-state index contributed by atoms with van der Waals surface area (Å²) in [7, 11) is 0.586. The van der Waals surface area contributed by atoms with Gasteiger partial charge in [-0.3, -0.25) is 9.20 Å². The summed E-state index contributed by atoms with van der Waals surface area (Å²) >= 11 is 0. The number of ether oxygens (including phenoxy) is 1. The molecule has 0 saturated heterocycles. The maximum absolute atomic E-state index is 12.5. The van der Waals surface area contributed by atoms with Crippen LogP contribution < -0.4 is 4.74 Å². The molecular weight excluding hydrogens is 306 g/mol. The quantitative estimate of drug-likeness (QED) is 0.692. The maximum atomic E-state index is 12.5. The Balaban J connectivity index is 2.14. The van der Waals surface area contributed by atoms with Crippen LogP contribution in [0.5, 0.6) is 5.75 Å². The highest BCUT2D eigenvalue weighted by atomic mass is 32.2. The van der Waals surface area contributed by atoms with Crippen LogP contribution in [-0.2, 0) is 10.8 Å². The Hall–Kier alpha value is -1.94. The van der Waals surface area contributed by atoms with Crippen molar-refractivity contribution in [3.05, 3.63) is 54.1 Å². The molecule has 0 heterocycles. The van der Waals surface area contributed by atoms with E-state index in [0.717, 1.165) is 34.9 Å². The lowest BCUT2D eigenvalue weighted by molar-refractivity contribution is 0.415. The lowest BCUT2D eigenvalue weighted by Crippen LogP contribution is -2.10. The molecule has 0 aliphatic heterocycles. The zero-order valence-corrected chi connectivity index (χ0v) is 14.7. The number of aliphatic imine (C=N–C) groups is 1. The molecule has 4 heteroatoms. The van der Waals surface area contributed by atoms with Gasteiger partial charge in [-0.15, -0.1) is 0 Å². The molecule has 2 aromatic carbocycles. The first-order valence-corrected chi connectivity index (χ1v) is 9.09. The minimum Gasteiger partial charge on any atom is -0.497 e. The second-order valence-electron chi connectivity index (χ2n) is 5.43. The number of nitrogens with zero attached hydrogens (tertiary/aromatic N) is 1. The Labute approximate surface area is 140 Å². The molecule has 0 aliphatic rings. The van der Waals surface area contributed by atoms with Crippen LogP contribution in [0.4, 0.5) is 5.69 Å². The van der Waals surface area contributed by atoms with E-state index in [1.165, 1.54) is 5.56 Å². The van der Waals surface area contributed by atoms with Gasteiger partial charge in [-0.05, 0) is 49.7 Å². The molecule has 23 heavy (non-hydrogen) atoms. The first-order valence-electron chi connectivity index (χ1n) is 7.78. The normalized spacial score (nSPS) is 12.9. The monoisotopic (exact) mass is 329 g/mol. The average molecular weight is 329 g/mol. The van der Waals surface area contributed by atoms with Crippen molar-refractivity contribution in [1.82, 2.24) is 0 Å². The highest BCUT2D eigenvalue weighted by Gasteiger charge is 2.08. The molecule has 1 atom stereocenters. The van der Waals surface area contributed by atoms with Crippen molar-refractivity contribution in [3.8, 4) is 5.75 Å². The molecule has 3 nitrogen and oxygen atoms in total. The molecular formula is C19H23NO2S. The fourth-order valence-electron chi connectivity index (χ4n) is 2.21. The number of hydrogen-bond donors (Lipinski definition) is 0. The van der Waals surface area contributed by atoms with Crippen LogP contribution in [0.1, 0.15) is 25.3 Å². The Morgan fingerprint density at radius 3 is 2.30 bits per heavy atom. The van der Waals surface area contributed by atoms with Crippen LogP contribution in [0.25, 0.3) is 0 Å². The molecule has 2 rings (SSSR count). The zero-order chi connectivity index (χ0) is 16.7. The van der Waals surface area contributed by atoms with Gasteiger partial charge in [0.05, 0.1) is 29.3 Å². The van der Waals surface area contributed by atoms with E-state index in [1.807, 2.05) is 55.5 Å². The van der Waals surface area contributed by atoms with Crippen molar-refractivity contribution in [3.63, 3.8) is 0 Å². The van der Waals surface area contributed by atoms with Gasteiger partial charge in [0.1, 0.15) is 5.75 Å². The van der Waals surface area contributed by atoms with E-state index in [0.29, 0.717) is 5.75 Å². The van der Waals surface area contributed by atoms with E-state index in [9.17, 15) is 4.21 Å². The highest BCUT2D eigenvalue weighted by molar-refractivity contribution is 7.85. The summed E-state index contributed by atoms with van der Waals surface area (Å²) in [6.45, 7) is 4.14. The molecule has 0 bridgehead atoms. The lowest BCUT2D eigenvalue weighted by atomic mass is 10.2. The van der Waals surface area contributed by atoms with Crippen LogP contribution in [0.3, 0.4) is 0 Å². The predicted octanol–water partition coefficient (Wildman–Crippen LogP) is 4.68. The average Bonchev–Trinajstić information content (AvgIpc) is 2.56. The van der Waals surface area contributed by atoms with Crippen LogP contribution in [-0.4, -0.2) is 22.8 Å². The van der Waals surface area contributed by atoms with Gasteiger partial charge in [0.2, 0.25) is 0 Å². The van der Waals surface area contributed by atoms with Crippen molar-refractivity contribution in [2.24, 2.45) is 4.99 Å². The largest absolute Gasteiger partial charge is 0.497 e. The van der Waals surface area contributed by atoms with Gasteiger partial charge in [0.15, 0.2) is 0 Å². The molecule has 0 N–H and O–H groups in total. The lowest BCUT2D eigenvalue weighted by Gasteiger charge is -2.07. The van der Waals surface area contributed by atoms with Gasteiger partial charge in [-0.2, -0.15) is 0 Å². The molecule has 0 aliphatic carbocycles. The van der Waals surface area contributed by atoms with Crippen molar-refractivity contribution >= 4 is 22.2 Å². The summed E-state index contributed by atoms with van der Waals surface area (Å²) in [6.07, 6.45) is 1.84. The van der Waals surface area contributed by atoms with E-state index in [4.69, 9.17) is 4.74 Å². The third-order valence-corrected chi connectivity index (χ3v) is 4.87. The number of aryl methyl sites for hydroxylation is 1.